The van der Waals surface area contributed by atoms with Crippen LogP contribution in [0.1, 0.15) is 31.3 Å². The maximum atomic E-state index is 11.8. The first kappa shape index (κ1) is 10.7. The largest absolute Gasteiger partial charge is 0.452 e. The summed E-state index contributed by atoms with van der Waals surface area (Å²) in [6.07, 6.45) is 3.61. The molecule has 0 aliphatic carbocycles. The van der Waals surface area contributed by atoms with Gasteiger partial charge in [-0.2, -0.15) is 0 Å². The van der Waals surface area contributed by atoms with Crippen LogP contribution in [0.5, 0.6) is 0 Å². The molecule has 0 aliphatic rings. The number of H-pyrrole nitrogens is 2. The van der Waals surface area contributed by atoms with E-state index in [1.54, 1.807) is 12.3 Å². The smallest absolute Gasteiger partial charge is 0.404 e. The molecule has 0 unspecified atom stereocenters. The first-order chi connectivity index (χ1) is 7.46. The standard InChI is InChI=1S/C12H14N2O2/c1-12(2,3)16-11(15)10-6-9-8(7-14-10)4-5-13-9/h4-7,13H,1-3H3/p+1. The lowest BCUT2D eigenvalue weighted by Gasteiger charge is -2.17. The molecule has 84 valence electrons. The minimum absolute atomic E-state index is 0.344. The Kier molecular flexibility index (Phi) is 2.42. The van der Waals surface area contributed by atoms with E-state index in [4.69, 9.17) is 4.74 Å². The third-order valence-corrected chi connectivity index (χ3v) is 2.10. The van der Waals surface area contributed by atoms with Crippen LogP contribution in [0, 0.1) is 0 Å². The molecule has 4 heteroatoms. The molecule has 2 aromatic rings. The van der Waals surface area contributed by atoms with E-state index in [0.29, 0.717) is 5.69 Å². The number of aromatic amines is 2. The van der Waals surface area contributed by atoms with Crippen molar-refractivity contribution in [2.45, 2.75) is 26.4 Å². The number of nitrogens with one attached hydrogen (secondary N) is 2. The third-order valence-electron chi connectivity index (χ3n) is 2.10. The van der Waals surface area contributed by atoms with Crippen LogP contribution in [0.4, 0.5) is 0 Å². The monoisotopic (exact) mass is 219 g/mol. The Bertz CT molecular complexity index is 523. The van der Waals surface area contributed by atoms with E-state index in [1.807, 2.05) is 33.0 Å². The minimum atomic E-state index is -0.477. The van der Waals surface area contributed by atoms with Crippen molar-refractivity contribution in [3.05, 3.63) is 30.2 Å². The van der Waals surface area contributed by atoms with Crippen molar-refractivity contribution in [1.29, 1.82) is 0 Å². The number of pyridine rings is 1. The van der Waals surface area contributed by atoms with Gasteiger partial charge < -0.3 is 9.72 Å². The SMILES string of the molecule is CC(C)(C)OC(=O)c1cc2[nH]ccc2c[nH+]1. The maximum Gasteiger partial charge on any atom is 0.404 e. The van der Waals surface area contributed by atoms with Gasteiger partial charge in [0.1, 0.15) is 5.60 Å². The molecule has 0 aromatic carbocycles. The molecule has 2 rings (SSSR count). The van der Waals surface area contributed by atoms with E-state index >= 15 is 0 Å². The van der Waals surface area contributed by atoms with Gasteiger partial charge in [-0.1, -0.05) is 0 Å². The lowest BCUT2D eigenvalue weighted by molar-refractivity contribution is -0.382. The Hall–Kier alpha value is -1.84. The van der Waals surface area contributed by atoms with Crippen molar-refractivity contribution in [3.63, 3.8) is 0 Å². The summed E-state index contributed by atoms with van der Waals surface area (Å²) in [5, 5.41) is 1.03. The average Bonchev–Trinajstić information content (AvgIpc) is 2.61. The molecular formula is C12H15N2O2+. The molecule has 2 heterocycles. The second-order valence-corrected chi connectivity index (χ2v) is 4.70. The van der Waals surface area contributed by atoms with Crippen LogP contribution < -0.4 is 4.98 Å². The van der Waals surface area contributed by atoms with Crippen LogP contribution >= 0.6 is 0 Å². The Balaban J connectivity index is 2.29. The molecule has 0 amide bonds. The molecule has 2 aromatic heterocycles. The van der Waals surface area contributed by atoms with Gasteiger partial charge in [-0.05, 0) is 26.8 Å². The summed E-state index contributed by atoms with van der Waals surface area (Å²) in [6.45, 7) is 5.54. The van der Waals surface area contributed by atoms with Crippen molar-refractivity contribution in [2.75, 3.05) is 0 Å². The zero-order valence-corrected chi connectivity index (χ0v) is 9.63. The molecule has 0 fully saturated rings. The number of carbonyl (C=O) groups is 1. The fourth-order valence-electron chi connectivity index (χ4n) is 1.44. The number of ether oxygens (including phenoxy) is 1. The fraction of sp³-hybridized carbons (Fsp3) is 0.333. The summed E-state index contributed by atoms with van der Waals surface area (Å²) in [5.41, 5.74) is 0.889. The van der Waals surface area contributed by atoms with E-state index in [0.717, 1.165) is 10.9 Å². The molecule has 0 saturated heterocycles. The highest BCUT2D eigenvalue weighted by atomic mass is 16.6. The van der Waals surface area contributed by atoms with Crippen LogP contribution in [0.25, 0.3) is 10.9 Å². The summed E-state index contributed by atoms with van der Waals surface area (Å²) < 4.78 is 5.27. The minimum Gasteiger partial charge on any atom is -0.452 e. The van der Waals surface area contributed by atoms with Gasteiger partial charge in [0.2, 0.25) is 0 Å². The third kappa shape index (κ3) is 2.21. The molecule has 0 bridgehead atoms. The van der Waals surface area contributed by atoms with Gasteiger partial charge in [-0.25, -0.2) is 9.78 Å². The predicted molar refractivity (Wildman–Crippen MR) is 60.0 cm³/mol. The summed E-state index contributed by atoms with van der Waals surface area (Å²) in [4.78, 5) is 17.7. The van der Waals surface area contributed by atoms with Gasteiger partial charge >= 0.3 is 5.97 Å². The zero-order valence-electron chi connectivity index (χ0n) is 9.63. The molecule has 0 atom stereocenters. The van der Waals surface area contributed by atoms with Crippen molar-refractivity contribution in [2.24, 2.45) is 0 Å². The van der Waals surface area contributed by atoms with E-state index in [1.165, 1.54) is 0 Å². The van der Waals surface area contributed by atoms with E-state index in [9.17, 15) is 4.79 Å². The molecule has 16 heavy (non-hydrogen) atoms. The van der Waals surface area contributed by atoms with E-state index in [-0.39, 0.29) is 5.97 Å². The highest BCUT2D eigenvalue weighted by Gasteiger charge is 2.22. The van der Waals surface area contributed by atoms with E-state index < -0.39 is 5.60 Å². The Labute approximate surface area is 93.6 Å². The quantitative estimate of drug-likeness (QED) is 0.745. The summed E-state index contributed by atoms with van der Waals surface area (Å²) in [6, 6.07) is 3.69. The summed E-state index contributed by atoms with van der Waals surface area (Å²) in [5.74, 6) is -0.344. The maximum absolute atomic E-state index is 11.8. The Morgan fingerprint density at radius 3 is 2.88 bits per heavy atom. The normalized spacial score (nSPS) is 11.7. The van der Waals surface area contributed by atoms with Crippen LogP contribution in [0.3, 0.4) is 0 Å². The second kappa shape index (κ2) is 3.63. The Morgan fingerprint density at radius 2 is 2.19 bits per heavy atom. The number of rotatable bonds is 1. The predicted octanol–water partition coefficient (Wildman–Crippen LogP) is 1.94. The number of hydrogen-bond acceptors (Lipinski definition) is 2. The number of aromatic nitrogens is 2. The van der Waals surface area contributed by atoms with Gasteiger partial charge in [-0.15, -0.1) is 0 Å². The van der Waals surface area contributed by atoms with E-state index in [2.05, 4.69) is 9.97 Å². The number of hydrogen-bond donors (Lipinski definition) is 1. The lowest BCUT2D eigenvalue weighted by Crippen LogP contribution is -2.27. The fourth-order valence-corrected chi connectivity index (χ4v) is 1.44. The molecule has 2 N–H and O–H groups in total. The summed E-state index contributed by atoms with van der Waals surface area (Å²) in [7, 11) is 0. The van der Waals surface area contributed by atoms with Gasteiger partial charge in [0.25, 0.3) is 5.69 Å². The van der Waals surface area contributed by atoms with Crippen molar-refractivity contribution in [1.82, 2.24) is 4.98 Å². The number of esters is 1. The second-order valence-electron chi connectivity index (χ2n) is 4.70. The lowest BCUT2D eigenvalue weighted by atomic mass is 10.2. The number of fused-ring (bicyclic) bond motifs is 1. The van der Waals surface area contributed by atoms with Crippen LogP contribution in [0.15, 0.2) is 24.5 Å². The molecule has 4 nitrogen and oxygen atoms in total. The topological polar surface area (TPSA) is 56.2 Å². The van der Waals surface area contributed by atoms with Gasteiger partial charge in [0, 0.05) is 12.3 Å². The van der Waals surface area contributed by atoms with Crippen molar-refractivity contribution >= 4 is 16.9 Å². The highest BCUT2D eigenvalue weighted by Crippen LogP contribution is 2.13. The highest BCUT2D eigenvalue weighted by molar-refractivity contribution is 5.90. The zero-order chi connectivity index (χ0) is 11.8. The first-order valence-corrected chi connectivity index (χ1v) is 5.18. The van der Waals surface area contributed by atoms with Crippen molar-refractivity contribution in [3.8, 4) is 0 Å². The average molecular weight is 219 g/mol. The molecule has 0 spiro atoms. The van der Waals surface area contributed by atoms with Crippen LogP contribution in [-0.2, 0) is 4.74 Å². The molecule has 0 aliphatic heterocycles. The number of carbonyl (C=O) groups excluding carboxylic acids is 1. The first-order valence-electron chi connectivity index (χ1n) is 5.18. The van der Waals surface area contributed by atoms with Crippen molar-refractivity contribution < 1.29 is 14.5 Å². The molecule has 0 radical (unpaired) electrons. The molecule has 0 saturated carbocycles. The van der Waals surface area contributed by atoms with Gasteiger partial charge in [-0.3, -0.25) is 0 Å². The van der Waals surface area contributed by atoms with Gasteiger partial charge in [0.05, 0.1) is 10.9 Å². The van der Waals surface area contributed by atoms with Crippen LogP contribution in [-0.4, -0.2) is 16.6 Å². The van der Waals surface area contributed by atoms with Gasteiger partial charge in [0.15, 0.2) is 6.20 Å². The molecular weight excluding hydrogens is 204 g/mol. The Morgan fingerprint density at radius 1 is 1.44 bits per heavy atom. The summed E-state index contributed by atoms with van der Waals surface area (Å²) >= 11 is 0. The van der Waals surface area contributed by atoms with Crippen LogP contribution in [0.2, 0.25) is 0 Å².